The maximum atomic E-state index is 12.9. The molecule has 0 fully saturated rings. The van der Waals surface area contributed by atoms with Crippen LogP contribution in [0.15, 0.2) is 24.3 Å². The highest BCUT2D eigenvalue weighted by Gasteiger charge is 2.40. The molecule has 0 radical (unpaired) electrons. The second-order valence-electron chi connectivity index (χ2n) is 6.67. The quantitative estimate of drug-likeness (QED) is 0.763. The van der Waals surface area contributed by atoms with E-state index in [0.29, 0.717) is 5.69 Å². The number of rotatable bonds is 2. The van der Waals surface area contributed by atoms with Gasteiger partial charge in [0.05, 0.1) is 24.2 Å². The SMILES string of the molecule is O=C1N[C@@H](CC(=O)N2CCn3c(nnc3C(F)(F)F)C2)C(=O)Nc2ccccc21. The van der Waals surface area contributed by atoms with Crippen molar-refractivity contribution >= 4 is 23.4 Å². The van der Waals surface area contributed by atoms with Crippen molar-refractivity contribution in [3.8, 4) is 0 Å². The first-order valence-electron chi connectivity index (χ1n) is 8.72. The van der Waals surface area contributed by atoms with Crippen LogP contribution in [-0.2, 0) is 28.9 Å². The molecular formula is C17H15F3N6O3. The number of carbonyl (C=O) groups is 3. The maximum Gasteiger partial charge on any atom is 0.451 e. The summed E-state index contributed by atoms with van der Waals surface area (Å²) in [6.07, 6.45) is -4.96. The largest absolute Gasteiger partial charge is 0.451 e. The molecule has 2 N–H and O–H groups in total. The number of anilines is 1. The maximum absolute atomic E-state index is 12.9. The molecular weight excluding hydrogens is 393 g/mol. The monoisotopic (exact) mass is 408 g/mol. The summed E-state index contributed by atoms with van der Waals surface area (Å²) in [5, 5.41) is 11.8. The van der Waals surface area contributed by atoms with Crippen LogP contribution in [0.3, 0.4) is 0 Å². The second-order valence-corrected chi connectivity index (χ2v) is 6.67. The number of amides is 3. The fourth-order valence-corrected chi connectivity index (χ4v) is 3.34. The van der Waals surface area contributed by atoms with E-state index in [2.05, 4.69) is 20.8 Å². The lowest BCUT2D eigenvalue weighted by molar-refractivity contribution is -0.148. The molecule has 1 aromatic carbocycles. The van der Waals surface area contributed by atoms with E-state index in [1.807, 2.05) is 0 Å². The number of aromatic nitrogens is 3. The number of halogens is 3. The third-order valence-corrected chi connectivity index (χ3v) is 4.79. The minimum Gasteiger partial charge on any atom is -0.340 e. The van der Waals surface area contributed by atoms with Crippen LogP contribution in [0.5, 0.6) is 0 Å². The zero-order valence-corrected chi connectivity index (χ0v) is 14.9. The molecule has 0 bridgehead atoms. The van der Waals surface area contributed by atoms with Crippen LogP contribution in [0, 0.1) is 0 Å². The van der Waals surface area contributed by atoms with Gasteiger partial charge in [0.15, 0.2) is 5.82 Å². The number of para-hydroxylation sites is 1. The lowest BCUT2D eigenvalue weighted by Gasteiger charge is -2.29. The average molecular weight is 408 g/mol. The second kappa shape index (κ2) is 6.87. The van der Waals surface area contributed by atoms with E-state index in [0.717, 1.165) is 4.57 Å². The highest BCUT2D eigenvalue weighted by atomic mass is 19.4. The number of hydrogen-bond donors (Lipinski definition) is 2. The van der Waals surface area contributed by atoms with Gasteiger partial charge >= 0.3 is 6.18 Å². The summed E-state index contributed by atoms with van der Waals surface area (Å²) in [5.74, 6) is -2.62. The van der Waals surface area contributed by atoms with Crippen molar-refractivity contribution in [3.63, 3.8) is 0 Å². The molecule has 29 heavy (non-hydrogen) atoms. The van der Waals surface area contributed by atoms with Gasteiger partial charge in [0.1, 0.15) is 6.04 Å². The van der Waals surface area contributed by atoms with Gasteiger partial charge in [-0.25, -0.2) is 0 Å². The Hall–Kier alpha value is -3.44. The summed E-state index contributed by atoms with van der Waals surface area (Å²) in [4.78, 5) is 38.7. The minimum atomic E-state index is -4.63. The number of nitrogens with one attached hydrogen (secondary N) is 2. The highest BCUT2D eigenvalue weighted by molar-refractivity contribution is 6.10. The summed E-state index contributed by atoms with van der Waals surface area (Å²) in [7, 11) is 0. The number of alkyl halides is 3. The van der Waals surface area contributed by atoms with Crippen molar-refractivity contribution in [1.29, 1.82) is 0 Å². The van der Waals surface area contributed by atoms with Crippen LogP contribution in [0.25, 0.3) is 0 Å². The first-order valence-corrected chi connectivity index (χ1v) is 8.72. The molecule has 3 heterocycles. The predicted molar refractivity (Wildman–Crippen MR) is 91.4 cm³/mol. The van der Waals surface area contributed by atoms with E-state index in [9.17, 15) is 27.6 Å². The van der Waals surface area contributed by atoms with Gasteiger partial charge in [-0.15, -0.1) is 10.2 Å². The fourth-order valence-electron chi connectivity index (χ4n) is 3.34. The average Bonchev–Trinajstić information content (AvgIpc) is 3.06. The van der Waals surface area contributed by atoms with Crippen LogP contribution in [0.4, 0.5) is 18.9 Å². The van der Waals surface area contributed by atoms with Gasteiger partial charge in [0, 0.05) is 13.1 Å². The van der Waals surface area contributed by atoms with Gasteiger partial charge in [-0.05, 0) is 12.1 Å². The molecule has 0 unspecified atom stereocenters. The van der Waals surface area contributed by atoms with E-state index < -0.39 is 35.8 Å². The van der Waals surface area contributed by atoms with Gasteiger partial charge in [-0.2, -0.15) is 13.2 Å². The van der Waals surface area contributed by atoms with Gasteiger partial charge < -0.3 is 20.1 Å². The highest BCUT2D eigenvalue weighted by Crippen LogP contribution is 2.29. The standard InChI is InChI=1S/C17H15F3N6O3/c18-17(19,20)16-24-23-12-8-25(5-6-26(12)16)13(27)7-11-15(29)21-10-4-2-1-3-9(10)14(28)22-11/h1-4,11H,5-8H2,(H,21,29)(H,22,28)/t11-/m0/s1. The van der Waals surface area contributed by atoms with E-state index in [1.54, 1.807) is 24.3 Å². The Morgan fingerprint density at radius 2 is 1.93 bits per heavy atom. The Labute approximate surface area is 161 Å². The smallest absolute Gasteiger partial charge is 0.340 e. The van der Waals surface area contributed by atoms with Crippen molar-refractivity contribution in [1.82, 2.24) is 25.0 Å². The first-order chi connectivity index (χ1) is 13.7. The van der Waals surface area contributed by atoms with Crippen LogP contribution in [-0.4, -0.2) is 50.0 Å². The molecule has 12 heteroatoms. The minimum absolute atomic E-state index is 0.00939. The van der Waals surface area contributed by atoms with Crippen LogP contribution in [0.2, 0.25) is 0 Å². The van der Waals surface area contributed by atoms with Crippen molar-refractivity contribution < 1.29 is 27.6 Å². The Bertz CT molecular complexity index is 1000. The topological polar surface area (TPSA) is 109 Å². The summed E-state index contributed by atoms with van der Waals surface area (Å²) in [5.41, 5.74) is 0.622. The molecule has 2 aromatic rings. The Morgan fingerprint density at radius 3 is 2.69 bits per heavy atom. The molecule has 152 valence electrons. The summed E-state index contributed by atoms with van der Waals surface area (Å²) < 4.78 is 39.7. The number of hydrogen-bond acceptors (Lipinski definition) is 5. The summed E-state index contributed by atoms with van der Waals surface area (Å²) in [6.45, 7) is -0.266. The third-order valence-electron chi connectivity index (χ3n) is 4.79. The van der Waals surface area contributed by atoms with Crippen molar-refractivity contribution in [2.75, 3.05) is 11.9 Å². The molecule has 0 aliphatic carbocycles. The third kappa shape index (κ3) is 3.52. The van der Waals surface area contributed by atoms with E-state index in [4.69, 9.17) is 0 Å². The van der Waals surface area contributed by atoms with Crippen LogP contribution >= 0.6 is 0 Å². The van der Waals surface area contributed by atoms with Gasteiger partial charge in [0.2, 0.25) is 17.6 Å². The van der Waals surface area contributed by atoms with Gasteiger partial charge in [0.25, 0.3) is 5.91 Å². The normalized spacial score (nSPS) is 19.0. The zero-order valence-electron chi connectivity index (χ0n) is 14.9. The molecule has 4 rings (SSSR count). The van der Waals surface area contributed by atoms with E-state index in [-0.39, 0.29) is 37.4 Å². The van der Waals surface area contributed by atoms with E-state index in [1.165, 1.54) is 4.90 Å². The Morgan fingerprint density at radius 1 is 1.17 bits per heavy atom. The molecule has 9 nitrogen and oxygen atoms in total. The van der Waals surface area contributed by atoms with E-state index >= 15 is 0 Å². The molecule has 0 spiro atoms. The molecule has 0 saturated carbocycles. The molecule has 0 saturated heterocycles. The lowest BCUT2D eigenvalue weighted by Crippen LogP contribution is -2.47. The van der Waals surface area contributed by atoms with Crippen molar-refractivity contribution in [3.05, 3.63) is 41.5 Å². The lowest BCUT2D eigenvalue weighted by atomic mass is 10.1. The molecule has 2 aliphatic rings. The molecule has 3 amide bonds. The summed E-state index contributed by atoms with van der Waals surface area (Å²) in [6, 6.07) is 5.33. The van der Waals surface area contributed by atoms with Crippen molar-refractivity contribution in [2.45, 2.75) is 31.7 Å². The first kappa shape index (κ1) is 18.9. The van der Waals surface area contributed by atoms with Crippen LogP contribution in [0.1, 0.15) is 28.4 Å². The predicted octanol–water partition coefficient (Wildman–Crippen LogP) is 0.780. The van der Waals surface area contributed by atoms with Crippen molar-refractivity contribution in [2.24, 2.45) is 0 Å². The number of carbonyl (C=O) groups excluding carboxylic acids is 3. The summed E-state index contributed by atoms with van der Waals surface area (Å²) >= 11 is 0. The number of fused-ring (bicyclic) bond motifs is 2. The zero-order chi connectivity index (χ0) is 20.8. The number of nitrogens with zero attached hydrogens (tertiary/aromatic N) is 4. The molecule has 1 atom stereocenters. The molecule has 2 aliphatic heterocycles. The Kier molecular flexibility index (Phi) is 4.47. The van der Waals surface area contributed by atoms with Gasteiger partial charge in [-0.1, -0.05) is 12.1 Å². The van der Waals surface area contributed by atoms with Gasteiger partial charge in [-0.3, -0.25) is 14.4 Å². The fraction of sp³-hybridized carbons (Fsp3) is 0.353. The number of benzene rings is 1. The Balaban J connectivity index is 1.46. The molecule has 1 aromatic heterocycles. The van der Waals surface area contributed by atoms with Crippen LogP contribution < -0.4 is 10.6 Å².